The molecule has 1 aliphatic rings. The molecule has 0 radical (unpaired) electrons. The molecule has 5 nitrogen and oxygen atoms in total. The second-order valence-corrected chi connectivity index (χ2v) is 5.98. The van der Waals surface area contributed by atoms with Gasteiger partial charge in [-0.2, -0.15) is 0 Å². The number of hydrogen-bond donors (Lipinski definition) is 0. The lowest BCUT2D eigenvalue weighted by Gasteiger charge is -2.19. The van der Waals surface area contributed by atoms with Crippen LogP contribution in [-0.2, 0) is 14.3 Å². The fraction of sp³-hybridized carbons (Fsp3) is 0.250. The Hall–Kier alpha value is -1.28. The third-order valence-corrected chi connectivity index (χ3v) is 4.05. The van der Waals surface area contributed by atoms with Crippen LogP contribution in [0.15, 0.2) is 16.6 Å². The van der Waals surface area contributed by atoms with E-state index in [4.69, 9.17) is 0 Å². The molecule has 0 N–H and O–H groups in total. The van der Waals surface area contributed by atoms with Crippen LogP contribution in [0, 0.1) is 5.82 Å². The summed E-state index contributed by atoms with van der Waals surface area (Å²) in [6, 6.07) is 2.15. The van der Waals surface area contributed by atoms with Gasteiger partial charge in [0.05, 0.1) is 18.4 Å². The Balaban J connectivity index is 2.41. The van der Waals surface area contributed by atoms with Crippen LogP contribution in [0.3, 0.4) is 0 Å². The molecule has 20 heavy (non-hydrogen) atoms. The summed E-state index contributed by atoms with van der Waals surface area (Å²) in [5.41, 5.74) is 0.237. The molecule has 0 saturated carbocycles. The van der Waals surface area contributed by atoms with Crippen LogP contribution < -0.4 is 4.90 Å². The first-order chi connectivity index (χ1) is 9.36. The van der Waals surface area contributed by atoms with Gasteiger partial charge < -0.3 is 9.64 Å². The molecule has 1 aromatic rings. The van der Waals surface area contributed by atoms with Gasteiger partial charge in [-0.05, 0) is 28.1 Å². The van der Waals surface area contributed by atoms with Gasteiger partial charge >= 0.3 is 5.97 Å². The minimum atomic E-state index is -0.806. The van der Waals surface area contributed by atoms with Crippen LogP contribution in [-0.4, -0.2) is 36.1 Å². The number of esters is 1. The minimum absolute atomic E-state index is 0.0218. The van der Waals surface area contributed by atoms with E-state index >= 15 is 0 Å². The van der Waals surface area contributed by atoms with Gasteiger partial charge in [0, 0.05) is 11.0 Å². The number of benzene rings is 1. The number of halogens is 3. The largest absolute Gasteiger partial charge is 0.468 e. The summed E-state index contributed by atoms with van der Waals surface area (Å²) >= 11 is 6.20. The van der Waals surface area contributed by atoms with Crippen LogP contribution in [0.2, 0.25) is 0 Å². The lowest BCUT2D eigenvalue weighted by atomic mass is 10.1. The van der Waals surface area contributed by atoms with Gasteiger partial charge in [-0.25, -0.2) is 4.39 Å². The number of anilines is 1. The summed E-state index contributed by atoms with van der Waals surface area (Å²) in [4.78, 5) is 35.5. The highest BCUT2D eigenvalue weighted by molar-refractivity contribution is 9.10. The van der Waals surface area contributed by atoms with Crippen LogP contribution in [0.4, 0.5) is 10.1 Å². The summed E-state index contributed by atoms with van der Waals surface area (Å²) in [6.07, 6.45) is 0. The molecular weight excluding hydrogens is 401 g/mol. The second kappa shape index (κ2) is 5.61. The van der Waals surface area contributed by atoms with E-state index in [2.05, 4.69) is 36.6 Å². The normalized spacial score (nSPS) is 15.3. The van der Waals surface area contributed by atoms with Crippen molar-refractivity contribution in [2.45, 2.75) is 4.83 Å². The van der Waals surface area contributed by atoms with Crippen LogP contribution >= 0.6 is 31.9 Å². The number of carbonyl (C=O) groups is 3. The molecule has 0 aliphatic carbocycles. The van der Waals surface area contributed by atoms with E-state index < -0.39 is 28.3 Å². The Morgan fingerprint density at radius 1 is 1.45 bits per heavy atom. The van der Waals surface area contributed by atoms with Gasteiger partial charge in [0.1, 0.15) is 10.6 Å². The zero-order valence-electron chi connectivity index (χ0n) is 10.2. The highest BCUT2D eigenvalue weighted by atomic mass is 79.9. The highest BCUT2D eigenvalue weighted by Crippen LogP contribution is 2.37. The molecule has 0 bridgehead atoms. The molecule has 8 heteroatoms. The van der Waals surface area contributed by atoms with Crippen LogP contribution in [0.5, 0.6) is 0 Å². The number of Topliss-reactive ketones (excluding diaryl/α,β-unsaturated/α-hetero) is 1. The fourth-order valence-electron chi connectivity index (χ4n) is 1.89. The fourth-order valence-corrected chi connectivity index (χ4v) is 3.01. The average Bonchev–Trinajstić information content (AvgIpc) is 2.63. The third kappa shape index (κ3) is 2.49. The number of nitrogens with zero attached hydrogens (tertiary/aromatic N) is 1. The Morgan fingerprint density at radius 3 is 2.70 bits per heavy atom. The first-order valence-corrected chi connectivity index (χ1v) is 7.14. The molecule has 1 atom stereocenters. The van der Waals surface area contributed by atoms with Gasteiger partial charge in [0.25, 0.3) is 11.7 Å². The van der Waals surface area contributed by atoms with Gasteiger partial charge in [0.2, 0.25) is 0 Å². The van der Waals surface area contributed by atoms with E-state index in [9.17, 15) is 18.8 Å². The average molecular weight is 409 g/mol. The van der Waals surface area contributed by atoms with E-state index in [1.165, 1.54) is 7.11 Å². The summed E-state index contributed by atoms with van der Waals surface area (Å²) < 4.78 is 18.1. The summed E-state index contributed by atoms with van der Waals surface area (Å²) in [7, 11) is 1.22. The Labute approximate surface area is 130 Å². The lowest BCUT2D eigenvalue weighted by Crippen LogP contribution is -2.38. The van der Waals surface area contributed by atoms with Crippen molar-refractivity contribution in [1.29, 1.82) is 0 Å². The molecule has 0 aromatic heterocycles. The Morgan fingerprint density at radius 2 is 2.10 bits per heavy atom. The number of fused-ring (bicyclic) bond motifs is 1. The van der Waals surface area contributed by atoms with Crippen molar-refractivity contribution in [1.82, 2.24) is 0 Å². The zero-order chi connectivity index (χ0) is 15.0. The number of ether oxygens (including phenoxy) is 1. The summed E-state index contributed by atoms with van der Waals surface area (Å²) in [5.74, 6) is -2.80. The maximum atomic E-state index is 13.3. The quantitative estimate of drug-likeness (QED) is 0.436. The topological polar surface area (TPSA) is 63.7 Å². The lowest BCUT2D eigenvalue weighted by molar-refractivity contribution is -0.139. The molecule has 1 aliphatic heterocycles. The van der Waals surface area contributed by atoms with Crippen molar-refractivity contribution in [3.8, 4) is 0 Å². The number of ketones is 1. The van der Waals surface area contributed by atoms with Crippen molar-refractivity contribution in [3.63, 3.8) is 0 Å². The van der Waals surface area contributed by atoms with E-state index in [1.54, 1.807) is 0 Å². The first kappa shape index (κ1) is 15.1. The summed E-state index contributed by atoms with van der Waals surface area (Å²) in [6.45, 7) is -0.0888. The number of rotatable bonds is 3. The first-order valence-electron chi connectivity index (χ1n) is 5.44. The monoisotopic (exact) mass is 407 g/mol. The molecule has 2 rings (SSSR count). The van der Waals surface area contributed by atoms with E-state index in [1.807, 2.05) is 0 Å². The highest BCUT2D eigenvalue weighted by Gasteiger charge is 2.39. The standard InChI is InChI=1S/C12H8Br2FNO4/c1-20-12(19)8(14)4-16-9-6(10(17)11(16)18)2-5(15)3-7(9)13/h2-3,8H,4H2,1H3. The van der Waals surface area contributed by atoms with Crippen molar-refractivity contribution in [2.75, 3.05) is 18.6 Å². The van der Waals surface area contributed by atoms with Gasteiger partial charge in [-0.1, -0.05) is 15.9 Å². The Bertz CT molecular complexity index is 620. The predicted octanol–water partition coefficient (Wildman–Crippen LogP) is 2.05. The molecule has 0 saturated heterocycles. The molecule has 1 aromatic carbocycles. The van der Waals surface area contributed by atoms with Crippen LogP contribution in [0.25, 0.3) is 0 Å². The van der Waals surface area contributed by atoms with E-state index in [-0.39, 0.29) is 22.3 Å². The van der Waals surface area contributed by atoms with Gasteiger partial charge in [0.15, 0.2) is 0 Å². The molecular formula is C12H8Br2FNO4. The maximum Gasteiger partial charge on any atom is 0.321 e. The smallest absolute Gasteiger partial charge is 0.321 e. The zero-order valence-corrected chi connectivity index (χ0v) is 13.3. The molecule has 1 amide bonds. The van der Waals surface area contributed by atoms with Gasteiger partial charge in [-0.3, -0.25) is 14.4 Å². The van der Waals surface area contributed by atoms with Crippen molar-refractivity contribution >= 4 is 55.2 Å². The van der Waals surface area contributed by atoms with Crippen molar-refractivity contribution in [2.24, 2.45) is 0 Å². The number of amides is 1. The van der Waals surface area contributed by atoms with Crippen molar-refractivity contribution < 1.29 is 23.5 Å². The predicted molar refractivity (Wildman–Crippen MR) is 75.5 cm³/mol. The minimum Gasteiger partial charge on any atom is -0.468 e. The molecule has 1 heterocycles. The van der Waals surface area contributed by atoms with E-state index in [0.29, 0.717) is 0 Å². The number of hydrogen-bond acceptors (Lipinski definition) is 4. The third-order valence-electron chi connectivity index (χ3n) is 2.78. The second-order valence-electron chi connectivity index (χ2n) is 4.02. The Kier molecular flexibility index (Phi) is 4.24. The van der Waals surface area contributed by atoms with E-state index in [0.717, 1.165) is 17.0 Å². The molecule has 0 spiro atoms. The number of alkyl halides is 1. The molecule has 106 valence electrons. The van der Waals surface area contributed by atoms with Gasteiger partial charge in [-0.15, -0.1) is 0 Å². The number of carbonyl (C=O) groups excluding carboxylic acids is 3. The molecule has 0 fully saturated rings. The van der Waals surface area contributed by atoms with Crippen molar-refractivity contribution in [3.05, 3.63) is 28.0 Å². The molecule has 1 unspecified atom stereocenters. The SMILES string of the molecule is COC(=O)C(Br)CN1C(=O)C(=O)c2cc(F)cc(Br)c21. The van der Waals surface area contributed by atoms with Crippen LogP contribution in [0.1, 0.15) is 10.4 Å². The number of methoxy groups -OCH3 is 1. The maximum absolute atomic E-state index is 13.3. The summed E-state index contributed by atoms with van der Waals surface area (Å²) in [5, 5.41) is 0.